The first kappa shape index (κ1) is 14.3. The Kier molecular flexibility index (Phi) is 4.47. The molecule has 0 spiro atoms. The SMILES string of the molecule is COc1ccc(Br)cc1CCNC(=O)C1(CO)CC1. The van der Waals surface area contributed by atoms with E-state index in [1.54, 1.807) is 7.11 Å². The van der Waals surface area contributed by atoms with E-state index in [9.17, 15) is 9.90 Å². The quantitative estimate of drug-likeness (QED) is 0.838. The van der Waals surface area contributed by atoms with Crippen LogP contribution < -0.4 is 10.1 Å². The molecule has 0 unspecified atom stereocenters. The van der Waals surface area contributed by atoms with Crippen molar-refractivity contribution in [2.24, 2.45) is 5.41 Å². The van der Waals surface area contributed by atoms with Crippen LogP contribution in [0.15, 0.2) is 22.7 Å². The second-order valence-electron chi connectivity index (χ2n) is 4.90. The van der Waals surface area contributed by atoms with E-state index >= 15 is 0 Å². The summed E-state index contributed by atoms with van der Waals surface area (Å²) in [6.07, 6.45) is 2.28. The predicted octanol–water partition coefficient (Wildman–Crippen LogP) is 1.89. The number of ether oxygens (including phenoxy) is 1. The molecular formula is C14H18BrNO3. The Balaban J connectivity index is 1.89. The van der Waals surface area contributed by atoms with Gasteiger partial charge in [-0.05, 0) is 43.0 Å². The lowest BCUT2D eigenvalue weighted by atomic mass is 10.1. The third-order valence-electron chi connectivity index (χ3n) is 3.56. The van der Waals surface area contributed by atoms with E-state index in [1.165, 1.54) is 0 Å². The highest BCUT2D eigenvalue weighted by Gasteiger charge is 2.49. The van der Waals surface area contributed by atoms with E-state index in [0.717, 1.165) is 28.6 Å². The third kappa shape index (κ3) is 3.28. The van der Waals surface area contributed by atoms with Gasteiger partial charge in [-0.2, -0.15) is 0 Å². The number of carbonyl (C=O) groups is 1. The van der Waals surface area contributed by atoms with Crippen LogP contribution in [-0.2, 0) is 11.2 Å². The van der Waals surface area contributed by atoms with E-state index in [-0.39, 0.29) is 12.5 Å². The second kappa shape index (κ2) is 5.92. The maximum atomic E-state index is 11.9. The molecule has 104 valence electrons. The minimum absolute atomic E-state index is 0.0380. The van der Waals surface area contributed by atoms with Crippen molar-refractivity contribution in [1.82, 2.24) is 5.32 Å². The lowest BCUT2D eigenvalue weighted by Gasteiger charge is -2.13. The summed E-state index contributed by atoms with van der Waals surface area (Å²) in [5.74, 6) is 0.782. The van der Waals surface area contributed by atoms with Gasteiger partial charge in [-0.25, -0.2) is 0 Å². The van der Waals surface area contributed by atoms with Crippen LogP contribution >= 0.6 is 15.9 Å². The van der Waals surface area contributed by atoms with Crippen molar-refractivity contribution < 1.29 is 14.6 Å². The van der Waals surface area contributed by atoms with E-state index in [4.69, 9.17) is 4.74 Å². The lowest BCUT2D eigenvalue weighted by molar-refractivity contribution is -0.127. The molecule has 4 nitrogen and oxygen atoms in total. The summed E-state index contributed by atoms with van der Waals surface area (Å²) in [7, 11) is 1.64. The number of benzene rings is 1. The largest absolute Gasteiger partial charge is 0.496 e. The Labute approximate surface area is 121 Å². The molecule has 1 aliphatic rings. The van der Waals surface area contributed by atoms with Gasteiger partial charge in [0.05, 0.1) is 19.1 Å². The fourth-order valence-corrected chi connectivity index (χ4v) is 2.46. The van der Waals surface area contributed by atoms with Crippen LogP contribution in [0.2, 0.25) is 0 Å². The fourth-order valence-electron chi connectivity index (χ4n) is 2.05. The van der Waals surface area contributed by atoms with Gasteiger partial charge < -0.3 is 15.2 Å². The van der Waals surface area contributed by atoms with Crippen molar-refractivity contribution in [3.8, 4) is 5.75 Å². The number of nitrogens with one attached hydrogen (secondary N) is 1. The van der Waals surface area contributed by atoms with Crippen molar-refractivity contribution in [2.45, 2.75) is 19.3 Å². The van der Waals surface area contributed by atoms with Crippen molar-refractivity contribution in [3.05, 3.63) is 28.2 Å². The van der Waals surface area contributed by atoms with Crippen LogP contribution in [0.4, 0.5) is 0 Å². The maximum Gasteiger partial charge on any atom is 0.228 e. The number of amides is 1. The number of methoxy groups -OCH3 is 1. The molecule has 0 bridgehead atoms. The maximum absolute atomic E-state index is 11.9. The summed E-state index contributed by atoms with van der Waals surface area (Å²) in [5.41, 5.74) is 0.549. The monoisotopic (exact) mass is 327 g/mol. The minimum Gasteiger partial charge on any atom is -0.496 e. The van der Waals surface area contributed by atoms with Gasteiger partial charge in [0.1, 0.15) is 5.75 Å². The highest BCUT2D eigenvalue weighted by molar-refractivity contribution is 9.10. The standard InChI is InChI=1S/C14H18BrNO3/c1-19-12-3-2-11(15)8-10(12)4-7-16-13(18)14(9-17)5-6-14/h2-3,8,17H,4-7,9H2,1H3,(H,16,18). The molecule has 0 aliphatic heterocycles. The number of hydrogen-bond donors (Lipinski definition) is 2. The number of aliphatic hydroxyl groups excluding tert-OH is 1. The third-order valence-corrected chi connectivity index (χ3v) is 4.05. The van der Waals surface area contributed by atoms with Crippen LogP contribution in [0.25, 0.3) is 0 Å². The van der Waals surface area contributed by atoms with Gasteiger partial charge >= 0.3 is 0 Å². The van der Waals surface area contributed by atoms with Crippen LogP contribution in [0, 0.1) is 5.41 Å². The first-order valence-electron chi connectivity index (χ1n) is 6.33. The Bertz CT molecular complexity index is 472. The Morgan fingerprint density at radius 1 is 1.53 bits per heavy atom. The van der Waals surface area contributed by atoms with Crippen molar-refractivity contribution in [2.75, 3.05) is 20.3 Å². The van der Waals surface area contributed by atoms with Crippen LogP contribution in [0.1, 0.15) is 18.4 Å². The van der Waals surface area contributed by atoms with Crippen molar-refractivity contribution >= 4 is 21.8 Å². The summed E-state index contributed by atoms with van der Waals surface area (Å²) in [4.78, 5) is 11.9. The Hall–Kier alpha value is -1.07. The van der Waals surface area contributed by atoms with Gasteiger partial charge in [-0.1, -0.05) is 15.9 Å². The van der Waals surface area contributed by atoms with Gasteiger partial charge in [0.2, 0.25) is 5.91 Å². The van der Waals surface area contributed by atoms with E-state index in [0.29, 0.717) is 13.0 Å². The van der Waals surface area contributed by atoms with Gasteiger partial charge in [-0.15, -0.1) is 0 Å². The molecular weight excluding hydrogens is 310 g/mol. The minimum atomic E-state index is -0.499. The number of rotatable bonds is 6. The number of aliphatic hydroxyl groups is 1. The molecule has 5 heteroatoms. The number of halogens is 1. The summed E-state index contributed by atoms with van der Waals surface area (Å²) < 4.78 is 6.27. The molecule has 0 atom stereocenters. The predicted molar refractivity (Wildman–Crippen MR) is 76.2 cm³/mol. The summed E-state index contributed by atoms with van der Waals surface area (Å²) in [6.45, 7) is 0.492. The van der Waals surface area contributed by atoms with Gasteiger partial charge in [-0.3, -0.25) is 4.79 Å². The molecule has 0 saturated heterocycles. The number of carbonyl (C=O) groups excluding carboxylic acids is 1. The second-order valence-corrected chi connectivity index (χ2v) is 5.82. The first-order chi connectivity index (χ1) is 9.11. The molecule has 0 radical (unpaired) electrons. The molecule has 1 saturated carbocycles. The zero-order chi connectivity index (χ0) is 13.9. The Morgan fingerprint density at radius 2 is 2.26 bits per heavy atom. The first-order valence-corrected chi connectivity index (χ1v) is 7.12. The van der Waals surface area contributed by atoms with E-state index < -0.39 is 5.41 Å². The van der Waals surface area contributed by atoms with Crippen molar-refractivity contribution in [1.29, 1.82) is 0 Å². The van der Waals surface area contributed by atoms with Crippen molar-refractivity contribution in [3.63, 3.8) is 0 Å². The number of hydrogen-bond acceptors (Lipinski definition) is 3. The molecule has 1 fully saturated rings. The smallest absolute Gasteiger partial charge is 0.228 e. The molecule has 0 heterocycles. The summed E-state index contributed by atoms with van der Waals surface area (Å²) in [5, 5.41) is 12.1. The normalized spacial score (nSPS) is 15.9. The summed E-state index contributed by atoms with van der Waals surface area (Å²) in [6, 6.07) is 5.81. The molecule has 2 rings (SSSR count). The highest BCUT2D eigenvalue weighted by Crippen LogP contribution is 2.45. The molecule has 2 N–H and O–H groups in total. The zero-order valence-corrected chi connectivity index (χ0v) is 12.5. The molecule has 19 heavy (non-hydrogen) atoms. The van der Waals surface area contributed by atoms with Crippen LogP contribution in [0.5, 0.6) is 5.75 Å². The van der Waals surface area contributed by atoms with E-state index in [1.807, 2.05) is 18.2 Å². The van der Waals surface area contributed by atoms with Gasteiger partial charge in [0.15, 0.2) is 0 Å². The molecule has 1 aliphatic carbocycles. The molecule has 1 aromatic rings. The van der Waals surface area contributed by atoms with E-state index in [2.05, 4.69) is 21.2 Å². The molecule has 1 amide bonds. The van der Waals surface area contributed by atoms with Crippen LogP contribution in [-0.4, -0.2) is 31.3 Å². The topological polar surface area (TPSA) is 58.6 Å². The average molecular weight is 328 g/mol. The highest BCUT2D eigenvalue weighted by atomic mass is 79.9. The lowest BCUT2D eigenvalue weighted by Crippen LogP contribution is -2.35. The van der Waals surface area contributed by atoms with Gasteiger partial charge in [0, 0.05) is 11.0 Å². The van der Waals surface area contributed by atoms with Crippen LogP contribution in [0.3, 0.4) is 0 Å². The fraction of sp³-hybridized carbons (Fsp3) is 0.500. The summed E-state index contributed by atoms with van der Waals surface area (Å²) >= 11 is 3.42. The molecule has 0 aromatic heterocycles. The molecule has 1 aromatic carbocycles. The average Bonchev–Trinajstić information content (AvgIpc) is 3.20. The Morgan fingerprint density at radius 3 is 2.84 bits per heavy atom. The van der Waals surface area contributed by atoms with Gasteiger partial charge in [0.25, 0.3) is 0 Å². The zero-order valence-electron chi connectivity index (χ0n) is 10.9.